The zero-order valence-corrected chi connectivity index (χ0v) is 12.7. The van der Waals surface area contributed by atoms with E-state index in [1.54, 1.807) is 14.2 Å². The smallest absolute Gasteiger partial charge is 0.142 e. The Bertz CT molecular complexity index is 575. The van der Waals surface area contributed by atoms with Gasteiger partial charge >= 0.3 is 0 Å². The minimum atomic E-state index is 0.747. The van der Waals surface area contributed by atoms with E-state index in [0.717, 1.165) is 54.2 Å². The molecule has 1 heterocycles. The van der Waals surface area contributed by atoms with Crippen molar-refractivity contribution in [2.75, 3.05) is 20.8 Å². The fraction of sp³-hybridized carbons (Fsp3) is 0.500. The van der Waals surface area contributed by atoms with E-state index in [2.05, 4.69) is 19.2 Å². The van der Waals surface area contributed by atoms with Crippen molar-refractivity contribution in [1.29, 1.82) is 0 Å². The number of fused-ring (bicyclic) bond motifs is 1. The van der Waals surface area contributed by atoms with E-state index in [0.29, 0.717) is 0 Å². The van der Waals surface area contributed by atoms with Crippen molar-refractivity contribution >= 4 is 11.0 Å². The summed E-state index contributed by atoms with van der Waals surface area (Å²) in [6.07, 6.45) is 2.03. The van der Waals surface area contributed by atoms with E-state index >= 15 is 0 Å². The molecule has 2 rings (SSSR count). The third-order valence-electron chi connectivity index (χ3n) is 3.43. The minimum absolute atomic E-state index is 0.747. The van der Waals surface area contributed by atoms with E-state index in [1.165, 1.54) is 5.56 Å². The average molecular weight is 277 g/mol. The molecule has 110 valence electrons. The van der Waals surface area contributed by atoms with Gasteiger partial charge in [0.05, 0.1) is 26.2 Å². The van der Waals surface area contributed by atoms with E-state index in [1.807, 2.05) is 12.1 Å². The number of methoxy groups -OCH3 is 2. The van der Waals surface area contributed by atoms with Gasteiger partial charge in [-0.25, -0.2) is 0 Å². The normalized spacial score (nSPS) is 11.0. The van der Waals surface area contributed by atoms with Gasteiger partial charge in [0, 0.05) is 17.7 Å². The zero-order chi connectivity index (χ0) is 14.5. The van der Waals surface area contributed by atoms with Gasteiger partial charge in [-0.3, -0.25) is 0 Å². The van der Waals surface area contributed by atoms with Crippen LogP contribution in [-0.2, 0) is 13.0 Å². The van der Waals surface area contributed by atoms with Gasteiger partial charge in [0.1, 0.15) is 22.8 Å². The van der Waals surface area contributed by atoms with Crippen molar-refractivity contribution < 1.29 is 13.9 Å². The molecule has 1 aromatic carbocycles. The lowest BCUT2D eigenvalue weighted by Gasteiger charge is -2.06. The van der Waals surface area contributed by atoms with E-state index in [9.17, 15) is 0 Å². The molecule has 2 aromatic rings. The molecule has 0 bridgehead atoms. The average Bonchev–Trinajstić information content (AvgIpc) is 2.83. The van der Waals surface area contributed by atoms with Crippen molar-refractivity contribution in [3.8, 4) is 11.5 Å². The highest BCUT2D eigenvalue weighted by atomic mass is 16.5. The molecule has 0 saturated carbocycles. The molecule has 0 spiro atoms. The number of rotatable bonds is 7. The lowest BCUT2D eigenvalue weighted by molar-refractivity contribution is 0.397. The van der Waals surface area contributed by atoms with E-state index in [-0.39, 0.29) is 0 Å². The summed E-state index contributed by atoms with van der Waals surface area (Å²) in [6, 6.07) is 3.82. The molecule has 0 unspecified atom stereocenters. The molecule has 0 saturated heterocycles. The van der Waals surface area contributed by atoms with Crippen molar-refractivity contribution in [2.45, 2.75) is 33.2 Å². The Labute approximate surface area is 120 Å². The van der Waals surface area contributed by atoms with Gasteiger partial charge in [-0.2, -0.15) is 0 Å². The summed E-state index contributed by atoms with van der Waals surface area (Å²) in [6.45, 7) is 6.02. The zero-order valence-electron chi connectivity index (χ0n) is 12.7. The molecular weight excluding hydrogens is 254 g/mol. The highest BCUT2D eigenvalue weighted by molar-refractivity contribution is 5.90. The molecular formula is C16H23NO3. The van der Waals surface area contributed by atoms with E-state index in [4.69, 9.17) is 13.9 Å². The molecule has 0 atom stereocenters. The molecule has 1 aromatic heterocycles. The lowest BCUT2D eigenvalue weighted by Crippen LogP contribution is -2.14. The molecule has 0 aliphatic rings. The molecule has 0 fully saturated rings. The molecule has 4 nitrogen and oxygen atoms in total. The van der Waals surface area contributed by atoms with Gasteiger partial charge in [-0.15, -0.1) is 0 Å². The van der Waals surface area contributed by atoms with Crippen LogP contribution in [0.2, 0.25) is 0 Å². The van der Waals surface area contributed by atoms with E-state index < -0.39 is 0 Å². The number of nitrogens with one attached hydrogen (secondary N) is 1. The number of furan rings is 1. The van der Waals surface area contributed by atoms with Crippen LogP contribution in [0.15, 0.2) is 16.5 Å². The summed E-state index contributed by atoms with van der Waals surface area (Å²) in [4.78, 5) is 0. The third kappa shape index (κ3) is 2.75. The number of ether oxygens (including phenoxy) is 2. The maximum Gasteiger partial charge on any atom is 0.142 e. The summed E-state index contributed by atoms with van der Waals surface area (Å²) >= 11 is 0. The monoisotopic (exact) mass is 277 g/mol. The third-order valence-corrected chi connectivity index (χ3v) is 3.43. The Balaban J connectivity index is 2.49. The first-order valence-corrected chi connectivity index (χ1v) is 7.12. The van der Waals surface area contributed by atoms with Crippen LogP contribution in [0.3, 0.4) is 0 Å². The summed E-state index contributed by atoms with van der Waals surface area (Å²) in [5, 5.41) is 4.45. The Hall–Kier alpha value is -1.68. The molecule has 20 heavy (non-hydrogen) atoms. The van der Waals surface area contributed by atoms with Gasteiger partial charge in [0.25, 0.3) is 0 Å². The topological polar surface area (TPSA) is 43.6 Å². The molecule has 4 heteroatoms. The highest BCUT2D eigenvalue weighted by Crippen LogP contribution is 2.37. The second-order valence-corrected chi connectivity index (χ2v) is 4.74. The van der Waals surface area contributed by atoms with Gasteiger partial charge in [-0.1, -0.05) is 13.8 Å². The first-order valence-electron chi connectivity index (χ1n) is 7.12. The fourth-order valence-electron chi connectivity index (χ4n) is 2.45. The Morgan fingerprint density at radius 3 is 2.55 bits per heavy atom. The number of benzene rings is 1. The summed E-state index contributed by atoms with van der Waals surface area (Å²) in [5.41, 5.74) is 2.04. The van der Waals surface area contributed by atoms with Gasteiger partial charge in [0.2, 0.25) is 0 Å². The second-order valence-electron chi connectivity index (χ2n) is 4.74. The molecule has 0 amide bonds. The highest BCUT2D eigenvalue weighted by Gasteiger charge is 2.17. The number of hydrogen-bond donors (Lipinski definition) is 1. The molecule has 0 aliphatic carbocycles. The fourth-order valence-corrected chi connectivity index (χ4v) is 2.45. The number of aryl methyl sites for hydroxylation is 1. The van der Waals surface area contributed by atoms with Crippen molar-refractivity contribution in [1.82, 2.24) is 5.32 Å². The summed E-state index contributed by atoms with van der Waals surface area (Å²) in [5.74, 6) is 2.54. The minimum Gasteiger partial charge on any atom is -0.496 e. The van der Waals surface area contributed by atoms with Gasteiger partial charge in [-0.05, 0) is 19.4 Å². The van der Waals surface area contributed by atoms with Crippen LogP contribution in [0, 0.1) is 0 Å². The second kappa shape index (κ2) is 6.66. The van der Waals surface area contributed by atoms with Crippen LogP contribution < -0.4 is 14.8 Å². The Morgan fingerprint density at radius 1 is 1.15 bits per heavy atom. The summed E-state index contributed by atoms with van der Waals surface area (Å²) in [7, 11) is 3.32. The van der Waals surface area contributed by atoms with Crippen LogP contribution in [0.5, 0.6) is 11.5 Å². The standard InChI is InChI=1S/C16H23NO3/c1-5-7-17-10-15-12(6-2)16-13(19-4)8-11(18-3)9-14(16)20-15/h8-9,17H,5-7,10H2,1-4H3. The quantitative estimate of drug-likeness (QED) is 0.786. The van der Waals surface area contributed by atoms with Crippen LogP contribution in [0.25, 0.3) is 11.0 Å². The SMILES string of the molecule is CCCNCc1oc2cc(OC)cc(OC)c2c1CC. The summed E-state index contributed by atoms with van der Waals surface area (Å²) < 4.78 is 16.8. The largest absolute Gasteiger partial charge is 0.496 e. The molecule has 1 N–H and O–H groups in total. The van der Waals surface area contributed by atoms with Gasteiger partial charge in [0.15, 0.2) is 0 Å². The van der Waals surface area contributed by atoms with Crippen molar-refractivity contribution in [2.24, 2.45) is 0 Å². The first-order chi connectivity index (χ1) is 9.74. The number of hydrogen-bond acceptors (Lipinski definition) is 4. The van der Waals surface area contributed by atoms with Crippen LogP contribution in [0.4, 0.5) is 0 Å². The lowest BCUT2D eigenvalue weighted by atomic mass is 10.1. The van der Waals surface area contributed by atoms with Gasteiger partial charge < -0.3 is 19.2 Å². The predicted molar refractivity (Wildman–Crippen MR) is 80.7 cm³/mol. The van der Waals surface area contributed by atoms with Crippen LogP contribution >= 0.6 is 0 Å². The molecule has 0 aliphatic heterocycles. The Morgan fingerprint density at radius 2 is 1.95 bits per heavy atom. The molecule has 0 radical (unpaired) electrons. The maximum absolute atomic E-state index is 6.00. The van der Waals surface area contributed by atoms with Crippen LogP contribution in [-0.4, -0.2) is 20.8 Å². The van der Waals surface area contributed by atoms with Crippen molar-refractivity contribution in [3.63, 3.8) is 0 Å². The predicted octanol–water partition coefficient (Wildman–Crippen LogP) is 3.51. The van der Waals surface area contributed by atoms with Crippen molar-refractivity contribution in [3.05, 3.63) is 23.5 Å². The first kappa shape index (κ1) is 14.7. The van der Waals surface area contributed by atoms with Crippen LogP contribution in [0.1, 0.15) is 31.6 Å². The maximum atomic E-state index is 6.00. The Kier molecular flexibility index (Phi) is 4.90.